The molecule has 1 rings (SSSR count). The fourth-order valence-electron chi connectivity index (χ4n) is 0.778. The monoisotopic (exact) mass is 221 g/mol. The molecule has 6 heteroatoms. The number of nitrogens with zero attached hydrogens (tertiary/aromatic N) is 2. The predicted molar refractivity (Wildman–Crippen MR) is 53.0 cm³/mol. The van der Waals surface area contributed by atoms with Gasteiger partial charge in [-0.05, 0) is 13.8 Å². The average Bonchev–Trinajstić information content (AvgIpc) is 2.51. The number of hydrogen-bond donors (Lipinski definition) is 1. The van der Waals surface area contributed by atoms with E-state index >= 15 is 0 Å². The first-order valence-electron chi connectivity index (χ1n) is 4.34. The van der Waals surface area contributed by atoms with E-state index in [1.165, 1.54) is 13.8 Å². The molecule has 0 saturated heterocycles. The second-order valence-corrected chi connectivity index (χ2v) is 4.27. The minimum Gasteiger partial charge on any atom is -0.350 e. The lowest BCUT2D eigenvalue weighted by atomic mass is 10.1. The molecule has 0 aromatic carbocycles. The van der Waals surface area contributed by atoms with E-state index in [1.54, 1.807) is 0 Å². The summed E-state index contributed by atoms with van der Waals surface area (Å²) in [6.45, 7) is 4.79. The number of alkyl halides is 2. The summed E-state index contributed by atoms with van der Waals surface area (Å²) in [6.07, 6.45) is -1.72. The van der Waals surface area contributed by atoms with E-state index in [9.17, 15) is 8.78 Å². The van der Waals surface area contributed by atoms with Crippen LogP contribution in [0.15, 0.2) is 0 Å². The summed E-state index contributed by atoms with van der Waals surface area (Å²) in [7, 11) is 0. The van der Waals surface area contributed by atoms with Crippen molar-refractivity contribution in [3.05, 3.63) is 5.82 Å². The molecular weight excluding hydrogens is 208 g/mol. The molecule has 0 aliphatic rings. The van der Waals surface area contributed by atoms with Crippen molar-refractivity contribution in [2.45, 2.75) is 39.2 Å². The smallest absolute Gasteiger partial charge is 0.260 e. The van der Waals surface area contributed by atoms with Crippen LogP contribution in [0.4, 0.5) is 13.9 Å². The Kier molecular flexibility index (Phi) is 3.36. The van der Waals surface area contributed by atoms with E-state index in [1.807, 2.05) is 6.92 Å². The lowest BCUT2D eigenvalue weighted by Gasteiger charge is -2.24. The lowest BCUT2D eigenvalue weighted by Crippen LogP contribution is -2.38. The molecule has 0 bridgehead atoms. The van der Waals surface area contributed by atoms with Crippen LogP contribution in [0.5, 0.6) is 0 Å². The van der Waals surface area contributed by atoms with Crippen LogP contribution in [0.25, 0.3) is 0 Å². The molecule has 1 aromatic rings. The van der Waals surface area contributed by atoms with Gasteiger partial charge < -0.3 is 5.32 Å². The first-order chi connectivity index (χ1) is 6.45. The third-order valence-corrected chi connectivity index (χ3v) is 2.43. The Labute approximate surface area is 85.7 Å². The quantitative estimate of drug-likeness (QED) is 0.849. The van der Waals surface area contributed by atoms with Gasteiger partial charge in [-0.2, -0.15) is 4.37 Å². The Bertz CT molecular complexity index is 299. The van der Waals surface area contributed by atoms with Gasteiger partial charge in [0, 0.05) is 18.0 Å². The zero-order chi connectivity index (χ0) is 10.8. The molecule has 80 valence electrons. The average molecular weight is 221 g/mol. The number of rotatable bonds is 4. The van der Waals surface area contributed by atoms with Gasteiger partial charge in [0.1, 0.15) is 5.82 Å². The molecule has 0 radical (unpaired) electrons. The van der Waals surface area contributed by atoms with E-state index in [2.05, 4.69) is 14.7 Å². The standard InChI is InChI=1S/C8H13F2N3S/c1-4-5-11-7(14-13-5)12-8(2,3)6(9)10/h6H,4H2,1-3H3,(H,11,12,13). The molecular formula is C8H13F2N3S. The van der Waals surface area contributed by atoms with Crippen LogP contribution >= 0.6 is 11.5 Å². The largest absolute Gasteiger partial charge is 0.350 e. The first-order valence-corrected chi connectivity index (χ1v) is 5.12. The number of aromatic nitrogens is 2. The van der Waals surface area contributed by atoms with Crippen LogP contribution in [-0.2, 0) is 6.42 Å². The molecule has 0 aliphatic heterocycles. The van der Waals surface area contributed by atoms with Gasteiger partial charge in [0.15, 0.2) is 0 Å². The zero-order valence-corrected chi connectivity index (χ0v) is 9.16. The highest BCUT2D eigenvalue weighted by molar-refractivity contribution is 7.09. The Hall–Kier alpha value is -0.780. The summed E-state index contributed by atoms with van der Waals surface area (Å²) in [6, 6.07) is 0. The summed E-state index contributed by atoms with van der Waals surface area (Å²) < 4.78 is 29.0. The van der Waals surface area contributed by atoms with Crippen LogP contribution in [0, 0.1) is 0 Å². The van der Waals surface area contributed by atoms with Crippen molar-refractivity contribution >= 4 is 16.7 Å². The van der Waals surface area contributed by atoms with Gasteiger partial charge in [0.2, 0.25) is 5.13 Å². The van der Waals surface area contributed by atoms with E-state index in [0.717, 1.165) is 11.5 Å². The summed E-state index contributed by atoms with van der Waals surface area (Å²) in [5.41, 5.74) is -1.26. The molecule has 0 amide bonds. The van der Waals surface area contributed by atoms with Gasteiger partial charge in [0.25, 0.3) is 6.43 Å². The zero-order valence-electron chi connectivity index (χ0n) is 8.34. The molecule has 0 spiro atoms. The summed E-state index contributed by atoms with van der Waals surface area (Å²) in [4.78, 5) is 4.06. The van der Waals surface area contributed by atoms with Gasteiger partial charge in [-0.1, -0.05) is 6.92 Å². The molecule has 3 nitrogen and oxygen atoms in total. The topological polar surface area (TPSA) is 37.8 Å². The Morgan fingerprint density at radius 3 is 2.57 bits per heavy atom. The van der Waals surface area contributed by atoms with Gasteiger partial charge >= 0.3 is 0 Å². The van der Waals surface area contributed by atoms with Crippen LogP contribution in [-0.4, -0.2) is 21.3 Å². The van der Waals surface area contributed by atoms with Crippen LogP contribution in [0.2, 0.25) is 0 Å². The molecule has 0 aliphatic carbocycles. The predicted octanol–water partition coefficient (Wildman–Crippen LogP) is 2.56. The molecule has 1 N–H and O–H groups in total. The number of aryl methyl sites for hydroxylation is 1. The molecule has 0 atom stereocenters. The normalized spacial score (nSPS) is 12.1. The maximum Gasteiger partial charge on any atom is 0.260 e. The van der Waals surface area contributed by atoms with Crippen LogP contribution in [0.1, 0.15) is 26.6 Å². The van der Waals surface area contributed by atoms with Crippen LogP contribution in [0.3, 0.4) is 0 Å². The highest BCUT2D eigenvalue weighted by Crippen LogP contribution is 2.22. The second-order valence-electron chi connectivity index (χ2n) is 3.52. The number of nitrogens with one attached hydrogen (secondary N) is 1. The molecule has 1 aromatic heterocycles. The third-order valence-electron chi connectivity index (χ3n) is 1.76. The van der Waals surface area contributed by atoms with Gasteiger partial charge in [-0.15, -0.1) is 0 Å². The van der Waals surface area contributed by atoms with Crippen LogP contribution < -0.4 is 5.32 Å². The first kappa shape index (κ1) is 11.3. The van der Waals surface area contributed by atoms with Gasteiger partial charge in [-0.25, -0.2) is 13.8 Å². The van der Waals surface area contributed by atoms with E-state index < -0.39 is 12.0 Å². The van der Waals surface area contributed by atoms with Crippen molar-refractivity contribution < 1.29 is 8.78 Å². The fraction of sp³-hybridized carbons (Fsp3) is 0.750. The molecule has 14 heavy (non-hydrogen) atoms. The summed E-state index contributed by atoms with van der Waals surface area (Å²) in [5, 5.41) is 3.12. The van der Waals surface area contributed by atoms with Crippen molar-refractivity contribution in [3.63, 3.8) is 0 Å². The van der Waals surface area contributed by atoms with Crippen molar-refractivity contribution in [1.82, 2.24) is 9.36 Å². The minimum atomic E-state index is -2.43. The highest BCUT2D eigenvalue weighted by atomic mass is 32.1. The second kappa shape index (κ2) is 4.16. The van der Waals surface area contributed by atoms with E-state index in [0.29, 0.717) is 17.4 Å². The van der Waals surface area contributed by atoms with E-state index in [4.69, 9.17) is 0 Å². The van der Waals surface area contributed by atoms with Gasteiger partial charge in [-0.3, -0.25) is 0 Å². The van der Waals surface area contributed by atoms with Crippen molar-refractivity contribution in [2.75, 3.05) is 5.32 Å². The van der Waals surface area contributed by atoms with Crippen molar-refractivity contribution in [1.29, 1.82) is 0 Å². The third kappa shape index (κ3) is 2.60. The Morgan fingerprint density at radius 1 is 1.50 bits per heavy atom. The lowest BCUT2D eigenvalue weighted by molar-refractivity contribution is 0.0849. The van der Waals surface area contributed by atoms with Gasteiger partial charge in [0.05, 0.1) is 5.54 Å². The Balaban J connectivity index is 2.68. The molecule has 0 fully saturated rings. The SMILES string of the molecule is CCc1nsc(NC(C)(C)C(F)F)n1. The fourth-order valence-corrected chi connectivity index (χ4v) is 1.60. The van der Waals surface area contributed by atoms with E-state index in [-0.39, 0.29) is 0 Å². The Morgan fingerprint density at radius 2 is 2.14 bits per heavy atom. The molecule has 0 unspecified atom stereocenters. The maximum absolute atomic E-state index is 12.5. The molecule has 0 saturated carbocycles. The summed E-state index contributed by atoms with van der Waals surface area (Å²) >= 11 is 1.11. The van der Waals surface area contributed by atoms with Crippen molar-refractivity contribution in [2.24, 2.45) is 0 Å². The highest BCUT2D eigenvalue weighted by Gasteiger charge is 2.30. The number of anilines is 1. The number of halogens is 2. The van der Waals surface area contributed by atoms with Crippen molar-refractivity contribution in [3.8, 4) is 0 Å². The summed E-state index contributed by atoms with van der Waals surface area (Å²) in [5.74, 6) is 0.683. The molecule has 1 heterocycles. The minimum absolute atomic E-state index is 0.451. The number of hydrogen-bond acceptors (Lipinski definition) is 4. The maximum atomic E-state index is 12.5.